The van der Waals surface area contributed by atoms with Crippen LogP contribution in [0, 0.1) is 11.3 Å². The highest BCUT2D eigenvalue weighted by molar-refractivity contribution is 5.25. The summed E-state index contributed by atoms with van der Waals surface area (Å²) in [6.45, 7) is 6.50. The molecule has 0 saturated carbocycles. The molecule has 5 heteroatoms. The molecule has 18 heavy (non-hydrogen) atoms. The summed E-state index contributed by atoms with van der Waals surface area (Å²) in [6.07, 6.45) is 1.68. The van der Waals surface area contributed by atoms with E-state index < -0.39 is 0 Å². The molecule has 0 spiro atoms. The van der Waals surface area contributed by atoms with Gasteiger partial charge in [-0.1, -0.05) is 0 Å². The van der Waals surface area contributed by atoms with Crippen LogP contribution in [-0.4, -0.2) is 49.3 Å². The fraction of sp³-hybridized carbons (Fsp3) is 0.538. The van der Waals surface area contributed by atoms with Gasteiger partial charge in [0.05, 0.1) is 13.2 Å². The number of hydrogen-bond donors (Lipinski definition) is 1. The molecule has 0 aliphatic carbocycles. The molecule has 1 aromatic heterocycles. The Labute approximate surface area is 107 Å². The summed E-state index contributed by atoms with van der Waals surface area (Å²) in [5.41, 5.74) is 1.58. The van der Waals surface area contributed by atoms with Crippen molar-refractivity contribution in [3.8, 4) is 6.07 Å². The maximum atomic E-state index is 8.75. The highest BCUT2D eigenvalue weighted by Crippen LogP contribution is 2.00. The third-order valence-corrected chi connectivity index (χ3v) is 2.98. The second kappa shape index (κ2) is 7.07. The Bertz CT molecular complexity index is 410. The summed E-state index contributed by atoms with van der Waals surface area (Å²) in [7, 11) is 0. The number of nitrogens with zero attached hydrogens (tertiary/aromatic N) is 3. The molecule has 1 aliphatic heterocycles. The quantitative estimate of drug-likeness (QED) is 0.761. The lowest BCUT2D eigenvalue weighted by Gasteiger charge is -2.26. The minimum absolute atomic E-state index is 0.475. The Hall–Kier alpha value is -1.48. The van der Waals surface area contributed by atoms with Crippen molar-refractivity contribution in [2.45, 2.75) is 6.54 Å². The van der Waals surface area contributed by atoms with Crippen LogP contribution >= 0.6 is 0 Å². The van der Waals surface area contributed by atoms with E-state index in [9.17, 15) is 0 Å². The molecule has 1 aliphatic rings. The van der Waals surface area contributed by atoms with Crippen LogP contribution in [0.1, 0.15) is 11.3 Å². The summed E-state index contributed by atoms with van der Waals surface area (Å²) in [6, 6.07) is 5.80. The molecule has 1 N–H and O–H groups in total. The van der Waals surface area contributed by atoms with E-state index in [4.69, 9.17) is 10.00 Å². The molecule has 0 unspecified atom stereocenters. The zero-order chi connectivity index (χ0) is 12.6. The van der Waals surface area contributed by atoms with E-state index in [1.807, 2.05) is 18.2 Å². The minimum atomic E-state index is 0.475. The molecule has 1 saturated heterocycles. The van der Waals surface area contributed by atoms with Crippen molar-refractivity contribution >= 4 is 0 Å². The summed E-state index contributed by atoms with van der Waals surface area (Å²) in [5, 5.41) is 12.1. The first-order valence-electron chi connectivity index (χ1n) is 6.24. The van der Waals surface area contributed by atoms with Crippen molar-refractivity contribution in [2.75, 3.05) is 39.4 Å². The van der Waals surface area contributed by atoms with E-state index in [1.165, 1.54) is 0 Å². The van der Waals surface area contributed by atoms with Crippen molar-refractivity contribution in [1.29, 1.82) is 5.26 Å². The standard InChI is InChI=1S/C13H18N4O/c14-10-13-9-12(1-2-16-13)11-15-3-4-17-5-7-18-8-6-17/h1-2,9,15H,3-8,11H2. The lowest BCUT2D eigenvalue weighted by Crippen LogP contribution is -2.40. The van der Waals surface area contributed by atoms with Crippen molar-refractivity contribution < 1.29 is 4.74 Å². The van der Waals surface area contributed by atoms with Gasteiger partial charge < -0.3 is 10.1 Å². The van der Waals surface area contributed by atoms with E-state index >= 15 is 0 Å². The monoisotopic (exact) mass is 246 g/mol. The number of rotatable bonds is 5. The van der Waals surface area contributed by atoms with Gasteiger partial charge in [0.15, 0.2) is 0 Å². The molecule has 2 heterocycles. The van der Waals surface area contributed by atoms with E-state index in [0.29, 0.717) is 5.69 Å². The lowest BCUT2D eigenvalue weighted by molar-refractivity contribution is 0.0384. The first-order chi connectivity index (χ1) is 8.88. The van der Waals surface area contributed by atoms with Crippen LogP contribution in [0.5, 0.6) is 0 Å². The van der Waals surface area contributed by atoms with Gasteiger partial charge in [0.2, 0.25) is 0 Å². The Kier molecular flexibility index (Phi) is 5.09. The molecule has 2 rings (SSSR count). The van der Waals surface area contributed by atoms with Gasteiger partial charge in [0.25, 0.3) is 0 Å². The molecule has 1 fully saturated rings. The maximum Gasteiger partial charge on any atom is 0.140 e. The molecule has 0 atom stereocenters. The molecule has 0 amide bonds. The van der Waals surface area contributed by atoms with Crippen LogP contribution in [0.15, 0.2) is 18.3 Å². The number of hydrogen-bond acceptors (Lipinski definition) is 5. The molecule has 0 radical (unpaired) electrons. The topological polar surface area (TPSA) is 61.2 Å². The predicted molar refractivity (Wildman–Crippen MR) is 67.9 cm³/mol. The second-order valence-corrected chi connectivity index (χ2v) is 4.29. The average molecular weight is 246 g/mol. The fourth-order valence-electron chi connectivity index (χ4n) is 1.94. The average Bonchev–Trinajstić information content (AvgIpc) is 2.45. The third kappa shape index (κ3) is 4.08. The first-order valence-corrected chi connectivity index (χ1v) is 6.24. The number of morpholine rings is 1. The predicted octanol–water partition coefficient (Wildman–Crippen LogP) is 0.375. The Morgan fingerprint density at radius 2 is 2.28 bits per heavy atom. The SMILES string of the molecule is N#Cc1cc(CNCCN2CCOCC2)ccn1. The molecular formula is C13H18N4O. The van der Waals surface area contributed by atoms with Crippen molar-refractivity contribution in [3.05, 3.63) is 29.6 Å². The third-order valence-electron chi connectivity index (χ3n) is 2.98. The number of ether oxygens (including phenoxy) is 1. The number of pyridine rings is 1. The summed E-state index contributed by atoms with van der Waals surface area (Å²) in [4.78, 5) is 6.34. The van der Waals surface area contributed by atoms with Gasteiger partial charge in [-0.2, -0.15) is 5.26 Å². The van der Waals surface area contributed by atoms with Gasteiger partial charge in [0, 0.05) is 38.9 Å². The van der Waals surface area contributed by atoms with Gasteiger partial charge in [0.1, 0.15) is 11.8 Å². The zero-order valence-electron chi connectivity index (χ0n) is 10.4. The van der Waals surface area contributed by atoms with E-state index in [1.54, 1.807) is 6.20 Å². The van der Waals surface area contributed by atoms with Gasteiger partial charge >= 0.3 is 0 Å². The number of aromatic nitrogens is 1. The molecule has 96 valence electrons. The van der Waals surface area contributed by atoms with Gasteiger partial charge in [-0.3, -0.25) is 4.90 Å². The highest BCUT2D eigenvalue weighted by atomic mass is 16.5. The lowest BCUT2D eigenvalue weighted by atomic mass is 10.2. The van der Waals surface area contributed by atoms with Crippen LogP contribution in [0.3, 0.4) is 0 Å². The smallest absolute Gasteiger partial charge is 0.140 e. The Morgan fingerprint density at radius 1 is 1.44 bits per heavy atom. The molecule has 1 aromatic rings. The summed E-state index contributed by atoms with van der Waals surface area (Å²) in [5.74, 6) is 0. The largest absolute Gasteiger partial charge is 0.379 e. The molecule has 0 bridgehead atoms. The maximum absolute atomic E-state index is 8.75. The van der Waals surface area contributed by atoms with Crippen LogP contribution < -0.4 is 5.32 Å². The highest BCUT2D eigenvalue weighted by Gasteiger charge is 2.08. The van der Waals surface area contributed by atoms with Crippen LogP contribution in [0.25, 0.3) is 0 Å². The molecular weight excluding hydrogens is 228 g/mol. The normalized spacial score (nSPS) is 16.4. The number of nitriles is 1. The van der Waals surface area contributed by atoms with Crippen LogP contribution in [0.2, 0.25) is 0 Å². The van der Waals surface area contributed by atoms with Crippen molar-refractivity contribution in [3.63, 3.8) is 0 Å². The van der Waals surface area contributed by atoms with Gasteiger partial charge in [-0.05, 0) is 17.7 Å². The fourth-order valence-corrected chi connectivity index (χ4v) is 1.94. The van der Waals surface area contributed by atoms with Crippen molar-refractivity contribution in [2.24, 2.45) is 0 Å². The van der Waals surface area contributed by atoms with E-state index in [-0.39, 0.29) is 0 Å². The molecule has 5 nitrogen and oxygen atoms in total. The number of nitrogens with one attached hydrogen (secondary N) is 1. The minimum Gasteiger partial charge on any atom is -0.379 e. The van der Waals surface area contributed by atoms with Gasteiger partial charge in [-0.15, -0.1) is 0 Å². The van der Waals surface area contributed by atoms with Gasteiger partial charge in [-0.25, -0.2) is 4.98 Å². The summed E-state index contributed by atoms with van der Waals surface area (Å²) < 4.78 is 5.30. The Balaban J connectivity index is 1.67. The van der Waals surface area contributed by atoms with Crippen molar-refractivity contribution in [1.82, 2.24) is 15.2 Å². The van der Waals surface area contributed by atoms with E-state index in [0.717, 1.165) is 51.5 Å². The summed E-state index contributed by atoms with van der Waals surface area (Å²) >= 11 is 0. The van der Waals surface area contributed by atoms with Crippen LogP contribution in [-0.2, 0) is 11.3 Å². The van der Waals surface area contributed by atoms with Crippen LogP contribution in [0.4, 0.5) is 0 Å². The Morgan fingerprint density at radius 3 is 3.06 bits per heavy atom. The zero-order valence-corrected chi connectivity index (χ0v) is 10.4. The molecule has 0 aromatic carbocycles. The van der Waals surface area contributed by atoms with E-state index in [2.05, 4.69) is 15.2 Å². The second-order valence-electron chi connectivity index (χ2n) is 4.29. The first kappa shape index (κ1) is 13.0.